The molecule has 0 saturated heterocycles. The highest BCUT2D eigenvalue weighted by atomic mass is 19.3. The van der Waals surface area contributed by atoms with Crippen LogP contribution < -0.4 is 0 Å². The first-order valence-electron chi connectivity index (χ1n) is 5.05. The van der Waals surface area contributed by atoms with Gasteiger partial charge < -0.3 is 4.74 Å². The van der Waals surface area contributed by atoms with Gasteiger partial charge in [0.1, 0.15) is 5.69 Å². The molecule has 0 fully saturated rings. The molecule has 1 aromatic heterocycles. The fraction of sp³-hybridized carbons (Fsp3) is 0.455. The van der Waals surface area contributed by atoms with Gasteiger partial charge in [0.15, 0.2) is 0 Å². The summed E-state index contributed by atoms with van der Waals surface area (Å²) in [6.45, 7) is 3.19. The van der Waals surface area contributed by atoms with Gasteiger partial charge in [-0.25, -0.2) is 13.8 Å². The summed E-state index contributed by atoms with van der Waals surface area (Å²) in [5, 5.41) is 0. The molecule has 0 bridgehead atoms. The second-order valence-corrected chi connectivity index (χ2v) is 3.40. The van der Waals surface area contributed by atoms with Gasteiger partial charge >= 0.3 is 5.97 Å². The van der Waals surface area contributed by atoms with E-state index in [2.05, 4.69) is 9.72 Å². The first-order chi connectivity index (χ1) is 7.95. The molecule has 0 atom stereocenters. The summed E-state index contributed by atoms with van der Waals surface area (Å²) in [6, 6.07) is 0.970. The molecule has 6 heteroatoms. The molecule has 0 spiro atoms. The summed E-state index contributed by atoms with van der Waals surface area (Å²) in [5.74, 6) is -1.60. The molecule has 0 unspecified atom stereocenters. The van der Waals surface area contributed by atoms with Crippen LogP contribution in [0.3, 0.4) is 0 Å². The van der Waals surface area contributed by atoms with E-state index in [-0.39, 0.29) is 24.2 Å². The van der Waals surface area contributed by atoms with Gasteiger partial charge in [-0.05, 0) is 31.0 Å². The van der Waals surface area contributed by atoms with Crippen LogP contribution >= 0.6 is 0 Å². The molecule has 94 valence electrons. The summed E-state index contributed by atoms with van der Waals surface area (Å²) >= 11 is 0. The molecular formula is C11H12F3NO2. The lowest BCUT2D eigenvalue weighted by Gasteiger charge is -2.09. The number of carbonyl (C=O) groups excluding carboxylic acids is 1. The highest BCUT2D eigenvalue weighted by Gasteiger charge is 2.18. The van der Waals surface area contributed by atoms with E-state index in [1.165, 1.54) is 6.92 Å². The van der Waals surface area contributed by atoms with Crippen molar-refractivity contribution in [3.05, 3.63) is 28.8 Å². The van der Waals surface area contributed by atoms with Crippen LogP contribution in [-0.4, -0.2) is 17.6 Å². The van der Waals surface area contributed by atoms with Gasteiger partial charge in [0.25, 0.3) is 6.43 Å². The molecule has 0 saturated carbocycles. The van der Waals surface area contributed by atoms with Gasteiger partial charge in [0, 0.05) is 0 Å². The number of alkyl halides is 2. The fourth-order valence-corrected chi connectivity index (χ4v) is 1.41. The largest absolute Gasteiger partial charge is 0.466 e. The monoisotopic (exact) mass is 247 g/mol. The zero-order valence-corrected chi connectivity index (χ0v) is 9.47. The molecule has 3 nitrogen and oxygen atoms in total. The number of hydrogen-bond acceptors (Lipinski definition) is 3. The molecule has 0 aliphatic carbocycles. The summed E-state index contributed by atoms with van der Waals surface area (Å²) in [5.41, 5.74) is -0.343. The van der Waals surface area contributed by atoms with E-state index >= 15 is 0 Å². The van der Waals surface area contributed by atoms with Crippen LogP contribution in [0.25, 0.3) is 0 Å². The van der Waals surface area contributed by atoms with Gasteiger partial charge in [0.05, 0.1) is 13.0 Å². The Morgan fingerprint density at radius 3 is 2.71 bits per heavy atom. The van der Waals surface area contributed by atoms with Crippen LogP contribution in [0.5, 0.6) is 0 Å². The molecule has 0 amide bonds. The molecular weight excluding hydrogens is 235 g/mol. The topological polar surface area (TPSA) is 39.2 Å². The Hall–Kier alpha value is -1.59. The minimum absolute atomic E-state index is 0.120. The molecule has 1 rings (SSSR count). The van der Waals surface area contributed by atoms with Crippen LogP contribution in [0.15, 0.2) is 6.07 Å². The third kappa shape index (κ3) is 3.44. The molecule has 0 aromatic carbocycles. The Labute approximate surface area is 96.6 Å². The second-order valence-electron chi connectivity index (χ2n) is 3.40. The summed E-state index contributed by atoms with van der Waals surface area (Å²) in [7, 11) is 0. The van der Waals surface area contributed by atoms with Crippen molar-refractivity contribution in [3.8, 4) is 0 Å². The van der Waals surface area contributed by atoms with Crippen molar-refractivity contribution >= 4 is 5.97 Å². The number of aromatic nitrogens is 1. The molecule has 1 aromatic rings. The maximum atomic E-state index is 13.0. The van der Waals surface area contributed by atoms with Gasteiger partial charge in [-0.1, -0.05) is 0 Å². The first-order valence-corrected chi connectivity index (χ1v) is 5.05. The van der Waals surface area contributed by atoms with Gasteiger partial charge in [-0.2, -0.15) is 4.39 Å². The van der Waals surface area contributed by atoms with E-state index in [9.17, 15) is 18.0 Å². The van der Waals surface area contributed by atoms with Crippen molar-refractivity contribution in [2.75, 3.05) is 6.61 Å². The zero-order chi connectivity index (χ0) is 13.0. The van der Waals surface area contributed by atoms with Crippen molar-refractivity contribution in [2.45, 2.75) is 26.7 Å². The summed E-state index contributed by atoms with van der Waals surface area (Å²) < 4.78 is 42.7. The highest BCUT2D eigenvalue weighted by Crippen LogP contribution is 2.23. The van der Waals surface area contributed by atoms with Crippen LogP contribution in [-0.2, 0) is 16.0 Å². The number of ether oxygens (including phenoxy) is 1. The minimum Gasteiger partial charge on any atom is -0.466 e. The normalized spacial score (nSPS) is 10.7. The van der Waals surface area contributed by atoms with E-state index in [1.54, 1.807) is 6.92 Å². The van der Waals surface area contributed by atoms with E-state index in [0.29, 0.717) is 0 Å². The van der Waals surface area contributed by atoms with Crippen molar-refractivity contribution in [1.29, 1.82) is 0 Å². The lowest BCUT2D eigenvalue weighted by atomic mass is 10.1. The number of nitrogens with zero attached hydrogens (tertiary/aromatic N) is 1. The number of esters is 1. The predicted molar refractivity (Wildman–Crippen MR) is 54.2 cm³/mol. The van der Waals surface area contributed by atoms with Gasteiger partial charge in [-0.3, -0.25) is 4.79 Å². The third-order valence-electron chi connectivity index (χ3n) is 2.23. The SMILES string of the molecule is CCOC(=O)Cc1cc(F)nc(C(F)F)c1C. The highest BCUT2D eigenvalue weighted by molar-refractivity contribution is 5.73. The minimum atomic E-state index is -2.87. The van der Waals surface area contributed by atoms with Crippen molar-refractivity contribution in [3.63, 3.8) is 0 Å². The van der Waals surface area contributed by atoms with Crippen molar-refractivity contribution < 1.29 is 22.7 Å². The number of hydrogen-bond donors (Lipinski definition) is 0. The lowest BCUT2D eigenvalue weighted by molar-refractivity contribution is -0.142. The first kappa shape index (κ1) is 13.5. The van der Waals surface area contributed by atoms with E-state index in [0.717, 1.165) is 6.07 Å². The average molecular weight is 247 g/mol. The third-order valence-corrected chi connectivity index (χ3v) is 2.23. The van der Waals surface area contributed by atoms with E-state index in [1.807, 2.05) is 0 Å². The second kappa shape index (κ2) is 5.65. The number of carbonyl (C=O) groups is 1. The van der Waals surface area contributed by atoms with Gasteiger partial charge in [-0.15, -0.1) is 0 Å². The van der Waals surface area contributed by atoms with E-state index in [4.69, 9.17) is 0 Å². The van der Waals surface area contributed by atoms with Crippen LogP contribution in [0.2, 0.25) is 0 Å². The maximum Gasteiger partial charge on any atom is 0.310 e. The molecule has 0 aliphatic heterocycles. The Balaban J connectivity index is 3.03. The van der Waals surface area contributed by atoms with Crippen molar-refractivity contribution in [2.24, 2.45) is 0 Å². The quantitative estimate of drug-likeness (QED) is 0.606. The summed E-state index contributed by atoms with van der Waals surface area (Å²) in [4.78, 5) is 14.3. The fourth-order valence-electron chi connectivity index (χ4n) is 1.41. The maximum absolute atomic E-state index is 13.0. The number of halogens is 3. The lowest BCUT2D eigenvalue weighted by Crippen LogP contribution is -2.11. The molecule has 17 heavy (non-hydrogen) atoms. The number of pyridine rings is 1. The Morgan fingerprint density at radius 2 is 2.18 bits per heavy atom. The van der Waals surface area contributed by atoms with Crippen LogP contribution in [0.4, 0.5) is 13.2 Å². The Kier molecular flexibility index (Phi) is 4.48. The van der Waals surface area contributed by atoms with Crippen molar-refractivity contribution in [1.82, 2.24) is 4.98 Å². The Morgan fingerprint density at radius 1 is 1.53 bits per heavy atom. The van der Waals surface area contributed by atoms with Crippen LogP contribution in [0.1, 0.15) is 30.2 Å². The Bertz CT molecular complexity index is 421. The van der Waals surface area contributed by atoms with Gasteiger partial charge in [0.2, 0.25) is 5.95 Å². The zero-order valence-electron chi connectivity index (χ0n) is 9.47. The predicted octanol–water partition coefficient (Wildman–Crippen LogP) is 2.57. The smallest absolute Gasteiger partial charge is 0.310 e. The average Bonchev–Trinajstić information content (AvgIpc) is 2.22. The number of rotatable bonds is 4. The molecule has 0 radical (unpaired) electrons. The molecule has 1 heterocycles. The standard InChI is InChI=1S/C11H12F3NO2/c1-3-17-9(16)5-7-4-8(12)15-10(6(7)2)11(13)14/h4,11H,3,5H2,1-2H3. The molecule has 0 N–H and O–H groups in total. The van der Waals surface area contributed by atoms with Crippen LogP contribution in [0, 0.1) is 12.9 Å². The summed E-state index contributed by atoms with van der Waals surface area (Å²) in [6.07, 6.45) is -3.11. The molecule has 0 aliphatic rings. The van der Waals surface area contributed by atoms with E-state index < -0.39 is 24.0 Å².